The van der Waals surface area contributed by atoms with E-state index in [0.29, 0.717) is 18.1 Å². The summed E-state index contributed by atoms with van der Waals surface area (Å²) < 4.78 is 0. The number of carbonyl (C=O) groups excluding carboxylic acids is 2. The summed E-state index contributed by atoms with van der Waals surface area (Å²) in [6.07, 6.45) is 0.303. The Labute approximate surface area is 140 Å². The van der Waals surface area contributed by atoms with Crippen molar-refractivity contribution in [1.82, 2.24) is 9.88 Å². The average molecular weight is 331 g/mol. The summed E-state index contributed by atoms with van der Waals surface area (Å²) in [4.78, 5) is 31.4. The highest BCUT2D eigenvalue weighted by molar-refractivity contribution is 7.15. The van der Waals surface area contributed by atoms with Crippen molar-refractivity contribution in [3.05, 3.63) is 46.5 Å². The lowest BCUT2D eigenvalue weighted by Crippen LogP contribution is -2.38. The van der Waals surface area contributed by atoms with Gasteiger partial charge >= 0.3 is 0 Å². The third-order valence-electron chi connectivity index (χ3n) is 3.54. The van der Waals surface area contributed by atoms with E-state index in [1.807, 2.05) is 51.1 Å². The molecule has 0 unspecified atom stereocenters. The van der Waals surface area contributed by atoms with Crippen LogP contribution in [-0.4, -0.2) is 34.8 Å². The number of carbonyl (C=O) groups is 2. The van der Waals surface area contributed by atoms with E-state index in [1.165, 1.54) is 11.3 Å². The standard InChI is InChI=1S/C17H21N3O2S/c1-4-20(16(22)10-14-8-6-5-7-9-14)11-15(21)19-17-18-12(2)13(3)23-17/h5-9H,4,10-11H2,1-3H3,(H,18,19,21). The smallest absolute Gasteiger partial charge is 0.245 e. The van der Waals surface area contributed by atoms with Gasteiger partial charge in [-0.25, -0.2) is 4.98 Å². The first-order valence-electron chi connectivity index (χ1n) is 7.55. The van der Waals surface area contributed by atoms with Crippen LogP contribution in [0.3, 0.4) is 0 Å². The summed E-state index contributed by atoms with van der Waals surface area (Å²) in [6, 6.07) is 9.54. The van der Waals surface area contributed by atoms with Gasteiger partial charge in [-0.1, -0.05) is 30.3 Å². The maximum Gasteiger partial charge on any atom is 0.245 e. The SMILES string of the molecule is CCN(CC(=O)Nc1nc(C)c(C)s1)C(=O)Cc1ccccc1. The van der Waals surface area contributed by atoms with E-state index < -0.39 is 0 Å². The van der Waals surface area contributed by atoms with Gasteiger partial charge in [-0.2, -0.15) is 0 Å². The number of amides is 2. The van der Waals surface area contributed by atoms with Crippen molar-refractivity contribution in [2.24, 2.45) is 0 Å². The van der Waals surface area contributed by atoms with Crippen LogP contribution in [0.1, 0.15) is 23.1 Å². The highest BCUT2D eigenvalue weighted by Gasteiger charge is 2.17. The molecule has 0 bridgehead atoms. The molecule has 2 rings (SSSR count). The topological polar surface area (TPSA) is 62.3 Å². The maximum absolute atomic E-state index is 12.3. The summed E-state index contributed by atoms with van der Waals surface area (Å²) in [5, 5.41) is 3.34. The number of nitrogens with zero attached hydrogens (tertiary/aromatic N) is 2. The molecule has 0 saturated carbocycles. The van der Waals surface area contributed by atoms with Crippen LogP contribution in [0.5, 0.6) is 0 Å². The number of aromatic nitrogens is 1. The van der Waals surface area contributed by atoms with Gasteiger partial charge in [0, 0.05) is 11.4 Å². The number of rotatable bonds is 6. The monoisotopic (exact) mass is 331 g/mol. The van der Waals surface area contributed by atoms with Gasteiger partial charge < -0.3 is 10.2 Å². The summed E-state index contributed by atoms with van der Waals surface area (Å²) in [5.41, 5.74) is 1.86. The number of thiazole rings is 1. The van der Waals surface area contributed by atoms with Crippen LogP contribution >= 0.6 is 11.3 Å². The lowest BCUT2D eigenvalue weighted by Gasteiger charge is -2.20. The van der Waals surface area contributed by atoms with Crippen LogP contribution in [0.4, 0.5) is 5.13 Å². The number of likely N-dealkylation sites (N-methyl/N-ethyl adjacent to an activating group) is 1. The second-order valence-corrected chi connectivity index (χ2v) is 6.48. The Balaban J connectivity index is 1.92. The summed E-state index contributed by atoms with van der Waals surface area (Å²) >= 11 is 1.44. The van der Waals surface area contributed by atoms with Crippen LogP contribution in [0.25, 0.3) is 0 Å². The van der Waals surface area contributed by atoms with Gasteiger partial charge in [0.2, 0.25) is 11.8 Å². The van der Waals surface area contributed by atoms with E-state index in [9.17, 15) is 9.59 Å². The van der Waals surface area contributed by atoms with Crippen molar-refractivity contribution >= 4 is 28.3 Å². The third-order valence-corrected chi connectivity index (χ3v) is 4.53. The first-order valence-corrected chi connectivity index (χ1v) is 8.36. The van der Waals surface area contributed by atoms with Gasteiger partial charge in [-0.3, -0.25) is 9.59 Å². The Morgan fingerprint density at radius 1 is 1.22 bits per heavy atom. The normalized spacial score (nSPS) is 10.4. The van der Waals surface area contributed by atoms with Crippen LogP contribution in [-0.2, 0) is 16.0 Å². The third kappa shape index (κ3) is 4.89. The highest BCUT2D eigenvalue weighted by Crippen LogP contribution is 2.20. The molecule has 1 aromatic carbocycles. The summed E-state index contributed by atoms with van der Waals surface area (Å²) in [7, 11) is 0. The van der Waals surface area contributed by atoms with Gasteiger partial charge in [-0.05, 0) is 26.3 Å². The van der Waals surface area contributed by atoms with Crippen molar-refractivity contribution in [2.45, 2.75) is 27.2 Å². The Morgan fingerprint density at radius 3 is 2.48 bits per heavy atom. The van der Waals surface area contributed by atoms with Crippen molar-refractivity contribution in [2.75, 3.05) is 18.4 Å². The van der Waals surface area contributed by atoms with E-state index in [2.05, 4.69) is 10.3 Å². The van der Waals surface area contributed by atoms with Gasteiger partial charge in [0.1, 0.15) is 0 Å². The second-order valence-electron chi connectivity index (χ2n) is 5.28. The molecule has 1 N–H and O–H groups in total. The zero-order chi connectivity index (χ0) is 16.8. The van der Waals surface area contributed by atoms with Crippen LogP contribution < -0.4 is 5.32 Å². The molecule has 5 nitrogen and oxygen atoms in total. The van der Waals surface area contributed by atoms with E-state index in [0.717, 1.165) is 16.1 Å². The Bertz CT molecular complexity index is 663. The minimum Gasteiger partial charge on any atom is -0.333 e. The molecule has 23 heavy (non-hydrogen) atoms. The number of hydrogen-bond donors (Lipinski definition) is 1. The molecule has 6 heteroatoms. The van der Waals surface area contributed by atoms with E-state index in [-0.39, 0.29) is 18.4 Å². The largest absolute Gasteiger partial charge is 0.333 e. The van der Waals surface area contributed by atoms with E-state index in [4.69, 9.17) is 0 Å². The van der Waals surface area contributed by atoms with Crippen LogP contribution in [0, 0.1) is 13.8 Å². The number of aryl methyl sites for hydroxylation is 2. The summed E-state index contributed by atoms with van der Waals surface area (Å²) in [6.45, 7) is 6.27. The first-order chi connectivity index (χ1) is 11.0. The molecule has 1 aromatic heterocycles. The van der Waals surface area contributed by atoms with Crippen molar-refractivity contribution < 1.29 is 9.59 Å². The molecule has 1 heterocycles. The molecule has 2 aromatic rings. The average Bonchev–Trinajstić information content (AvgIpc) is 2.83. The quantitative estimate of drug-likeness (QED) is 0.885. The molecule has 2 amide bonds. The second kappa shape index (κ2) is 7.87. The Hall–Kier alpha value is -2.21. The molecule has 0 radical (unpaired) electrons. The minimum absolute atomic E-state index is 0.0415. The predicted molar refractivity (Wildman–Crippen MR) is 92.6 cm³/mol. The molecule has 122 valence electrons. The minimum atomic E-state index is -0.220. The molecule has 0 saturated heterocycles. The fourth-order valence-corrected chi connectivity index (χ4v) is 2.95. The van der Waals surface area contributed by atoms with Gasteiger partial charge in [0.05, 0.1) is 18.7 Å². The number of hydrogen-bond acceptors (Lipinski definition) is 4. The zero-order valence-corrected chi connectivity index (χ0v) is 14.4. The number of nitrogens with one attached hydrogen (secondary N) is 1. The maximum atomic E-state index is 12.3. The van der Waals surface area contributed by atoms with Gasteiger partial charge in [0.15, 0.2) is 5.13 Å². The number of anilines is 1. The molecule has 0 aliphatic carbocycles. The van der Waals surface area contributed by atoms with Crippen LogP contribution in [0.2, 0.25) is 0 Å². The van der Waals surface area contributed by atoms with E-state index >= 15 is 0 Å². The Kier molecular flexibility index (Phi) is 5.87. The highest BCUT2D eigenvalue weighted by atomic mass is 32.1. The fraction of sp³-hybridized carbons (Fsp3) is 0.353. The van der Waals surface area contributed by atoms with Crippen molar-refractivity contribution in [3.63, 3.8) is 0 Å². The Morgan fingerprint density at radius 2 is 1.91 bits per heavy atom. The fourth-order valence-electron chi connectivity index (χ4n) is 2.12. The molecule has 0 fully saturated rings. The van der Waals surface area contributed by atoms with Crippen molar-refractivity contribution in [1.29, 1.82) is 0 Å². The van der Waals surface area contributed by atoms with Crippen molar-refractivity contribution in [3.8, 4) is 0 Å². The molecular formula is C17H21N3O2S. The molecule has 0 aliphatic heterocycles. The van der Waals surface area contributed by atoms with Gasteiger partial charge in [-0.15, -0.1) is 11.3 Å². The van der Waals surface area contributed by atoms with E-state index in [1.54, 1.807) is 4.90 Å². The van der Waals surface area contributed by atoms with Crippen LogP contribution in [0.15, 0.2) is 30.3 Å². The predicted octanol–water partition coefficient (Wildman–Crippen LogP) is 2.79. The molecule has 0 atom stereocenters. The molecule has 0 spiro atoms. The zero-order valence-electron chi connectivity index (χ0n) is 13.6. The lowest BCUT2D eigenvalue weighted by atomic mass is 10.1. The number of benzene rings is 1. The molecule has 0 aliphatic rings. The van der Waals surface area contributed by atoms with Gasteiger partial charge in [0.25, 0.3) is 0 Å². The molecular weight excluding hydrogens is 310 g/mol. The summed E-state index contributed by atoms with van der Waals surface area (Å²) in [5.74, 6) is -0.276. The first kappa shape index (κ1) is 17.1. The lowest BCUT2D eigenvalue weighted by molar-refractivity contribution is -0.133.